The highest BCUT2D eigenvalue weighted by atomic mass is 32.2. The highest BCUT2D eigenvalue weighted by Gasteiger charge is 2.29. The molecule has 9 heteroatoms. The number of benzene rings is 1. The molecule has 1 N–H and O–H groups in total. The first-order valence-corrected chi connectivity index (χ1v) is 14.3. The third kappa shape index (κ3) is 6.20. The van der Waals surface area contributed by atoms with E-state index < -0.39 is 10.0 Å². The van der Waals surface area contributed by atoms with Gasteiger partial charge in [-0.25, -0.2) is 13.4 Å². The van der Waals surface area contributed by atoms with Crippen LogP contribution < -0.4 is 5.32 Å². The van der Waals surface area contributed by atoms with Crippen molar-refractivity contribution < 1.29 is 13.2 Å². The molecular weight excluding hydrogens is 456 g/mol. The molecule has 1 aromatic carbocycles. The molecule has 0 atom stereocenters. The number of likely N-dealkylation sites (tertiary alicyclic amines) is 1. The van der Waals surface area contributed by atoms with Gasteiger partial charge in [-0.15, -0.1) is 11.3 Å². The van der Waals surface area contributed by atoms with Crippen LogP contribution in [0, 0.1) is 0 Å². The maximum Gasteiger partial charge on any atom is 0.257 e. The van der Waals surface area contributed by atoms with Crippen LogP contribution in [0.2, 0.25) is 0 Å². The zero-order valence-electron chi connectivity index (χ0n) is 19.3. The second kappa shape index (κ2) is 11.1. The van der Waals surface area contributed by atoms with Crippen LogP contribution in [-0.4, -0.2) is 54.7 Å². The smallest absolute Gasteiger partial charge is 0.257 e. The molecule has 1 aliphatic heterocycles. The van der Waals surface area contributed by atoms with Crippen LogP contribution >= 0.6 is 11.3 Å². The summed E-state index contributed by atoms with van der Waals surface area (Å²) >= 11 is 1.42. The van der Waals surface area contributed by atoms with Gasteiger partial charge >= 0.3 is 0 Å². The van der Waals surface area contributed by atoms with E-state index in [1.165, 1.54) is 59.9 Å². The first kappa shape index (κ1) is 24.3. The summed E-state index contributed by atoms with van der Waals surface area (Å²) < 4.78 is 27.5. The normalized spacial score (nSPS) is 18.8. The lowest BCUT2D eigenvalue weighted by atomic mass is 9.96. The van der Waals surface area contributed by atoms with E-state index in [0.717, 1.165) is 51.0 Å². The van der Waals surface area contributed by atoms with Crippen molar-refractivity contribution in [3.8, 4) is 0 Å². The molecule has 7 nitrogen and oxygen atoms in total. The highest BCUT2D eigenvalue weighted by Crippen LogP contribution is 2.27. The number of thiazole rings is 1. The van der Waals surface area contributed by atoms with Crippen molar-refractivity contribution >= 4 is 32.4 Å². The van der Waals surface area contributed by atoms with Crippen LogP contribution in [0.25, 0.3) is 0 Å². The van der Waals surface area contributed by atoms with E-state index in [1.54, 1.807) is 19.2 Å². The van der Waals surface area contributed by atoms with Crippen molar-refractivity contribution in [1.82, 2.24) is 14.2 Å². The molecule has 1 amide bonds. The Balaban J connectivity index is 1.36. The second-order valence-electron chi connectivity index (χ2n) is 9.13. The maximum absolute atomic E-state index is 13.0. The molecule has 180 valence electrons. The van der Waals surface area contributed by atoms with Crippen molar-refractivity contribution in [3.05, 3.63) is 40.9 Å². The van der Waals surface area contributed by atoms with E-state index in [9.17, 15) is 13.2 Å². The van der Waals surface area contributed by atoms with Gasteiger partial charge in [0.15, 0.2) is 5.13 Å². The Morgan fingerprint density at radius 3 is 2.36 bits per heavy atom. The van der Waals surface area contributed by atoms with Crippen molar-refractivity contribution in [2.24, 2.45) is 0 Å². The van der Waals surface area contributed by atoms with Crippen LogP contribution in [0.1, 0.15) is 73.8 Å². The van der Waals surface area contributed by atoms with Crippen molar-refractivity contribution in [2.45, 2.75) is 75.3 Å². The number of amides is 1. The monoisotopic (exact) mass is 490 g/mol. The minimum absolute atomic E-state index is 0.0557. The van der Waals surface area contributed by atoms with Crippen molar-refractivity contribution in [2.75, 3.05) is 25.5 Å². The molecular formula is C24H34N4O3S2. The fraction of sp³-hybridized carbons (Fsp3) is 0.583. The van der Waals surface area contributed by atoms with Crippen LogP contribution in [0.5, 0.6) is 0 Å². The molecule has 4 rings (SSSR count). The predicted molar refractivity (Wildman–Crippen MR) is 132 cm³/mol. The number of rotatable bonds is 7. The lowest BCUT2D eigenvalue weighted by Crippen LogP contribution is -2.38. The summed E-state index contributed by atoms with van der Waals surface area (Å²) in [6.45, 7) is 3.02. The van der Waals surface area contributed by atoms with Gasteiger partial charge in [0.2, 0.25) is 10.0 Å². The minimum atomic E-state index is -3.57. The number of hydrogen-bond acceptors (Lipinski definition) is 6. The van der Waals surface area contributed by atoms with Gasteiger partial charge in [-0.2, -0.15) is 4.31 Å². The molecule has 0 bridgehead atoms. The van der Waals surface area contributed by atoms with Gasteiger partial charge in [0.25, 0.3) is 5.91 Å². The van der Waals surface area contributed by atoms with E-state index >= 15 is 0 Å². The van der Waals surface area contributed by atoms with Gasteiger partial charge in [-0.1, -0.05) is 32.1 Å². The summed E-state index contributed by atoms with van der Waals surface area (Å²) in [4.78, 5) is 19.9. The van der Waals surface area contributed by atoms with Gasteiger partial charge in [0, 0.05) is 30.6 Å². The molecule has 33 heavy (non-hydrogen) atoms. The zero-order chi connectivity index (χ0) is 23.3. The number of carbonyl (C=O) groups excluding carboxylic acids is 1. The third-order valence-corrected chi connectivity index (χ3v) is 9.47. The number of carbonyl (C=O) groups is 1. The number of aromatic nitrogens is 1. The largest absolute Gasteiger partial charge is 0.298 e. The summed E-state index contributed by atoms with van der Waals surface area (Å²) in [5.41, 5.74) is 1.39. The summed E-state index contributed by atoms with van der Waals surface area (Å²) in [5.74, 6) is -0.282. The molecule has 2 aromatic rings. The van der Waals surface area contributed by atoms with Gasteiger partial charge in [0.05, 0.1) is 10.6 Å². The lowest BCUT2D eigenvalue weighted by Gasteiger charge is -2.30. The fourth-order valence-electron chi connectivity index (χ4n) is 4.72. The lowest BCUT2D eigenvalue weighted by molar-refractivity contribution is 0.102. The number of nitrogens with zero attached hydrogens (tertiary/aromatic N) is 3. The number of hydrogen-bond donors (Lipinski definition) is 1. The van der Waals surface area contributed by atoms with Crippen LogP contribution in [-0.2, 0) is 16.6 Å². The van der Waals surface area contributed by atoms with E-state index in [4.69, 9.17) is 0 Å². The van der Waals surface area contributed by atoms with E-state index in [-0.39, 0.29) is 16.8 Å². The Morgan fingerprint density at radius 2 is 1.70 bits per heavy atom. The number of nitrogens with one attached hydrogen (secondary N) is 1. The van der Waals surface area contributed by atoms with E-state index in [2.05, 4.69) is 15.2 Å². The fourth-order valence-corrected chi connectivity index (χ4v) is 6.83. The van der Waals surface area contributed by atoms with Crippen LogP contribution in [0.4, 0.5) is 5.13 Å². The molecule has 0 radical (unpaired) electrons. The Bertz CT molecular complexity index is 1020. The first-order chi connectivity index (χ1) is 15.9. The van der Waals surface area contributed by atoms with E-state index in [0.29, 0.717) is 10.7 Å². The molecule has 0 unspecified atom stereocenters. The number of sulfonamides is 1. The average Bonchev–Trinajstić information content (AvgIpc) is 3.10. The summed E-state index contributed by atoms with van der Waals surface area (Å²) in [6, 6.07) is 6.25. The molecule has 1 saturated carbocycles. The standard InChI is InChI=1S/C24H34N4O3S2/c1-27(21-9-5-4-6-10-21)33(30,31)22-13-11-19(12-14-22)23(29)26-24-25-20(18-32-24)17-28-15-7-2-3-8-16-28/h11-14,18,21H,2-10,15-17H2,1H3,(H,25,26,29). The minimum Gasteiger partial charge on any atom is -0.298 e. The van der Waals surface area contributed by atoms with E-state index in [1.807, 2.05) is 5.38 Å². The van der Waals surface area contributed by atoms with Gasteiger partial charge in [-0.3, -0.25) is 15.0 Å². The Morgan fingerprint density at radius 1 is 1.06 bits per heavy atom. The van der Waals surface area contributed by atoms with Crippen molar-refractivity contribution in [3.63, 3.8) is 0 Å². The first-order valence-electron chi connectivity index (χ1n) is 12.0. The molecule has 2 fully saturated rings. The quantitative estimate of drug-likeness (QED) is 0.607. The Kier molecular flexibility index (Phi) is 8.16. The van der Waals surface area contributed by atoms with Crippen LogP contribution in [0.3, 0.4) is 0 Å². The molecule has 2 aliphatic rings. The molecule has 1 aromatic heterocycles. The Labute approximate surface area is 201 Å². The zero-order valence-corrected chi connectivity index (χ0v) is 21.0. The van der Waals surface area contributed by atoms with Gasteiger partial charge in [-0.05, 0) is 63.0 Å². The SMILES string of the molecule is CN(C1CCCCC1)S(=O)(=O)c1ccc(C(=O)Nc2nc(CN3CCCCCC3)cs2)cc1. The number of anilines is 1. The van der Waals surface area contributed by atoms with Crippen LogP contribution in [0.15, 0.2) is 34.5 Å². The third-order valence-electron chi connectivity index (χ3n) is 6.74. The summed E-state index contributed by atoms with van der Waals surface area (Å²) in [7, 11) is -1.90. The molecule has 1 aliphatic carbocycles. The molecule has 1 saturated heterocycles. The van der Waals surface area contributed by atoms with Gasteiger partial charge < -0.3 is 0 Å². The second-order valence-corrected chi connectivity index (χ2v) is 12.0. The molecule has 0 spiro atoms. The summed E-state index contributed by atoms with van der Waals surface area (Å²) in [5, 5.41) is 5.42. The maximum atomic E-state index is 13.0. The van der Waals surface area contributed by atoms with Crippen molar-refractivity contribution in [1.29, 1.82) is 0 Å². The van der Waals surface area contributed by atoms with Gasteiger partial charge in [0.1, 0.15) is 0 Å². The predicted octanol–water partition coefficient (Wildman–Crippen LogP) is 4.72. The average molecular weight is 491 g/mol. The molecule has 2 heterocycles. The Hall–Kier alpha value is -1.81. The topological polar surface area (TPSA) is 82.6 Å². The highest BCUT2D eigenvalue weighted by molar-refractivity contribution is 7.89. The summed E-state index contributed by atoms with van der Waals surface area (Å²) in [6.07, 6.45) is 10.2.